The number of aryl methyl sites for hydroxylation is 1. The van der Waals surface area contributed by atoms with Gasteiger partial charge in [0.1, 0.15) is 0 Å². The molecule has 17 heavy (non-hydrogen) atoms. The van der Waals surface area contributed by atoms with Gasteiger partial charge in [-0.3, -0.25) is 0 Å². The molecule has 0 atom stereocenters. The normalized spacial score (nSPS) is 14.9. The van der Waals surface area contributed by atoms with Gasteiger partial charge in [0.05, 0.1) is 4.21 Å². The molecule has 1 heterocycles. The van der Waals surface area contributed by atoms with Gasteiger partial charge in [-0.2, -0.15) is 21.6 Å². The van der Waals surface area contributed by atoms with Gasteiger partial charge in [-0.25, -0.2) is 3.63 Å². The SMILES string of the molecule is Cc1ccc(S(C)(C)OS(=O)(=O)C(F)(F)F)s1. The van der Waals surface area contributed by atoms with E-state index in [0.29, 0.717) is 4.21 Å². The Bertz CT molecular complexity index is 502. The van der Waals surface area contributed by atoms with Crippen LogP contribution >= 0.6 is 21.6 Å². The number of hydrogen-bond donors (Lipinski definition) is 0. The van der Waals surface area contributed by atoms with Crippen LogP contribution in [0.15, 0.2) is 16.3 Å². The van der Waals surface area contributed by atoms with Crippen LogP contribution < -0.4 is 0 Å². The van der Waals surface area contributed by atoms with Crippen LogP contribution in [0.1, 0.15) is 4.88 Å². The molecule has 0 unspecified atom stereocenters. The largest absolute Gasteiger partial charge is 0.523 e. The first-order valence-corrected chi connectivity index (χ1v) is 8.88. The smallest absolute Gasteiger partial charge is 0.208 e. The molecule has 0 saturated heterocycles. The summed E-state index contributed by atoms with van der Waals surface area (Å²) in [6.45, 7) is 1.78. The standard InChI is InChI=1S/C8H11F3O3S3/c1-6-4-5-7(15-6)16(2,3)14-17(12,13)8(9,10)11/h4-5H,1-3H3. The van der Waals surface area contributed by atoms with E-state index in [1.807, 2.05) is 0 Å². The van der Waals surface area contributed by atoms with Gasteiger partial charge in [0.2, 0.25) is 0 Å². The minimum atomic E-state index is -5.55. The average molecular weight is 308 g/mol. The van der Waals surface area contributed by atoms with E-state index in [1.54, 1.807) is 19.1 Å². The number of hydrogen-bond acceptors (Lipinski definition) is 4. The van der Waals surface area contributed by atoms with Crippen molar-refractivity contribution in [2.75, 3.05) is 12.5 Å². The van der Waals surface area contributed by atoms with E-state index in [9.17, 15) is 21.6 Å². The van der Waals surface area contributed by atoms with Crippen LogP contribution in [0.5, 0.6) is 0 Å². The summed E-state index contributed by atoms with van der Waals surface area (Å²) in [7, 11) is -8.02. The zero-order chi connectivity index (χ0) is 13.5. The Morgan fingerprint density at radius 3 is 2.12 bits per heavy atom. The van der Waals surface area contributed by atoms with Crippen molar-refractivity contribution in [1.29, 1.82) is 0 Å². The fourth-order valence-electron chi connectivity index (χ4n) is 0.972. The molecule has 1 aromatic heterocycles. The van der Waals surface area contributed by atoms with Crippen LogP contribution in [0.25, 0.3) is 0 Å². The second kappa shape index (κ2) is 4.45. The van der Waals surface area contributed by atoms with E-state index in [-0.39, 0.29) is 0 Å². The van der Waals surface area contributed by atoms with Crippen molar-refractivity contribution < 1.29 is 25.2 Å². The maximum absolute atomic E-state index is 12.2. The Hall–Kier alpha value is -0.250. The molecule has 0 aromatic carbocycles. The first kappa shape index (κ1) is 14.8. The van der Waals surface area contributed by atoms with Gasteiger partial charge >= 0.3 is 15.6 Å². The molecule has 0 bridgehead atoms. The third-order valence-corrected chi connectivity index (χ3v) is 7.74. The zero-order valence-corrected chi connectivity index (χ0v) is 11.7. The number of alkyl halides is 3. The summed E-state index contributed by atoms with van der Waals surface area (Å²) >= 11 is 1.23. The summed E-state index contributed by atoms with van der Waals surface area (Å²) in [6.07, 6.45) is 2.73. The van der Waals surface area contributed by atoms with E-state index < -0.39 is 25.9 Å². The van der Waals surface area contributed by atoms with Crippen LogP contribution in [-0.2, 0) is 13.7 Å². The van der Waals surface area contributed by atoms with E-state index in [4.69, 9.17) is 0 Å². The van der Waals surface area contributed by atoms with Crippen LogP contribution in [0.2, 0.25) is 0 Å². The zero-order valence-electron chi connectivity index (χ0n) is 9.24. The highest BCUT2D eigenvalue weighted by Crippen LogP contribution is 2.55. The van der Waals surface area contributed by atoms with Crippen LogP contribution in [0.3, 0.4) is 0 Å². The fraction of sp³-hybridized carbons (Fsp3) is 0.500. The van der Waals surface area contributed by atoms with Gasteiger partial charge in [-0.15, -0.1) is 11.3 Å². The summed E-state index contributed by atoms with van der Waals surface area (Å²) in [4.78, 5) is 0.883. The maximum atomic E-state index is 12.2. The molecule has 9 heteroatoms. The van der Waals surface area contributed by atoms with Crippen molar-refractivity contribution >= 4 is 31.8 Å². The van der Waals surface area contributed by atoms with E-state index in [0.717, 1.165) is 4.88 Å². The molecular weight excluding hydrogens is 297 g/mol. The van der Waals surface area contributed by atoms with E-state index in [2.05, 4.69) is 3.63 Å². The lowest BCUT2D eigenvalue weighted by atomic mass is 10.5. The second-order valence-corrected chi connectivity index (χ2v) is 9.93. The first-order valence-electron chi connectivity index (χ1n) is 4.28. The lowest BCUT2D eigenvalue weighted by molar-refractivity contribution is -0.0495. The number of halogens is 3. The molecule has 0 aliphatic rings. The predicted molar refractivity (Wildman–Crippen MR) is 62.8 cm³/mol. The molecule has 0 aliphatic carbocycles. The van der Waals surface area contributed by atoms with Gasteiger partial charge in [0, 0.05) is 4.88 Å². The highest BCUT2D eigenvalue weighted by Gasteiger charge is 2.49. The minimum Gasteiger partial charge on any atom is -0.208 e. The molecular formula is C8H11F3O3S3. The van der Waals surface area contributed by atoms with E-state index in [1.165, 1.54) is 23.8 Å². The third-order valence-electron chi connectivity index (χ3n) is 1.74. The Morgan fingerprint density at radius 2 is 1.76 bits per heavy atom. The summed E-state index contributed by atoms with van der Waals surface area (Å²) in [6, 6.07) is 3.29. The highest BCUT2D eigenvalue weighted by molar-refractivity contribution is 8.33. The lowest BCUT2D eigenvalue weighted by Crippen LogP contribution is -2.26. The van der Waals surface area contributed by atoms with Crippen molar-refractivity contribution in [2.24, 2.45) is 0 Å². The van der Waals surface area contributed by atoms with Crippen LogP contribution in [-0.4, -0.2) is 26.4 Å². The molecule has 0 spiro atoms. The van der Waals surface area contributed by atoms with Crippen molar-refractivity contribution in [3.63, 3.8) is 0 Å². The minimum absolute atomic E-state index is 0.503. The van der Waals surface area contributed by atoms with Gasteiger partial charge < -0.3 is 0 Å². The average Bonchev–Trinajstić information content (AvgIpc) is 2.48. The van der Waals surface area contributed by atoms with Crippen molar-refractivity contribution in [1.82, 2.24) is 0 Å². The quantitative estimate of drug-likeness (QED) is 0.805. The third kappa shape index (κ3) is 3.36. The highest BCUT2D eigenvalue weighted by atomic mass is 32.3. The summed E-state index contributed by atoms with van der Waals surface area (Å²) < 4.78 is 63.3. The lowest BCUT2D eigenvalue weighted by Gasteiger charge is -2.28. The maximum Gasteiger partial charge on any atom is 0.523 e. The van der Waals surface area contributed by atoms with Crippen LogP contribution in [0, 0.1) is 6.92 Å². The summed E-state index contributed by atoms with van der Waals surface area (Å²) in [5, 5.41) is 0. The molecule has 100 valence electrons. The van der Waals surface area contributed by atoms with Gasteiger partial charge in [0.15, 0.2) is 0 Å². The molecule has 0 radical (unpaired) electrons. The summed E-state index contributed by atoms with van der Waals surface area (Å²) in [5.74, 6) is 0. The number of rotatable bonds is 3. The first-order chi connectivity index (χ1) is 7.46. The molecule has 0 saturated carbocycles. The Kier molecular flexibility index (Phi) is 3.88. The van der Waals surface area contributed by atoms with E-state index >= 15 is 0 Å². The van der Waals surface area contributed by atoms with Crippen molar-refractivity contribution in [3.8, 4) is 0 Å². The van der Waals surface area contributed by atoms with Crippen molar-refractivity contribution in [3.05, 3.63) is 17.0 Å². The Morgan fingerprint density at radius 1 is 1.24 bits per heavy atom. The van der Waals surface area contributed by atoms with Crippen molar-refractivity contribution in [2.45, 2.75) is 16.6 Å². The molecule has 0 amide bonds. The molecule has 1 rings (SSSR count). The van der Waals surface area contributed by atoms with Gasteiger partial charge in [-0.1, -0.05) is 10.3 Å². The molecule has 0 aliphatic heterocycles. The monoisotopic (exact) mass is 308 g/mol. The number of thiophene rings is 1. The molecule has 3 nitrogen and oxygen atoms in total. The topological polar surface area (TPSA) is 43.4 Å². The molecule has 1 aromatic rings. The summed E-state index contributed by atoms with van der Waals surface area (Å²) in [5.41, 5.74) is -5.39. The fourth-order valence-corrected chi connectivity index (χ4v) is 5.77. The van der Waals surface area contributed by atoms with Crippen LogP contribution in [0.4, 0.5) is 13.2 Å². The molecule has 0 fully saturated rings. The van der Waals surface area contributed by atoms with Gasteiger partial charge in [-0.05, 0) is 31.6 Å². The second-order valence-electron chi connectivity index (χ2n) is 3.57. The molecule has 0 N–H and O–H groups in total. The van der Waals surface area contributed by atoms with Gasteiger partial charge in [0.25, 0.3) is 0 Å². The Balaban J connectivity index is 3.03. The Labute approximate surface area is 103 Å². The predicted octanol–water partition coefficient (Wildman–Crippen LogP) is 3.26.